The van der Waals surface area contributed by atoms with Crippen LogP contribution < -0.4 is 20.5 Å². The Hall–Kier alpha value is -2.44. The lowest BCUT2D eigenvalue weighted by Crippen LogP contribution is -2.27. The summed E-state index contributed by atoms with van der Waals surface area (Å²) in [4.78, 5) is 23.3. The number of benzene rings is 2. The fraction of sp³-hybridized carbons (Fsp3) is 0.222. The van der Waals surface area contributed by atoms with Gasteiger partial charge in [0.25, 0.3) is 11.8 Å². The summed E-state index contributed by atoms with van der Waals surface area (Å²) >= 11 is 12.1. The first-order valence-corrected chi connectivity index (χ1v) is 8.42. The molecule has 0 aliphatic carbocycles. The summed E-state index contributed by atoms with van der Waals surface area (Å²) < 4.78 is 10.4. The van der Waals surface area contributed by atoms with Crippen LogP contribution in [0.5, 0.6) is 11.5 Å². The molecule has 0 fully saturated rings. The molecular weight excluding hydrogens is 379 g/mol. The Kier molecular flexibility index (Phi) is 6.71. The van der Waals surface area contributed by atoms with Crippen LogP contribution in [0.4, 0.5) is 0 Å². The van der Waals surface area contributed by atoms with Crippen molar-refractivity contribution in [1.82, 2.24) is 5.32 Å². The molecule has 0 unspecified atom stereocenters. The van der Waals surface area contributed by atoms with Crippen molar-refractivity contribution in [1.29, 1.82) is 0 Å². The minimum Gasteiger partial charge on any atom is -0.493 e. The van der Waals surface area contributed by atoms with Gasteiger partial charge in [0.2, 0.25) is 0 Å². The number of rotatable bonds is 7. The van der Waals surface area contributed by atoms with Crippen LogP contribution in [-0.4, -0.2) is 25.5 Å². The molecule has 1 atom stereocenters. The maximum atomic E-state index is 12.5. The Morgan fingerprint density at radius 3 is 2.50 bits per heavy atom. The molecule has 0 heterocycles. The van der Waals surface area contributed by atoms with Crippen LogP contribution in [-0.2, 0) is 4.79 Å². The van der Waals surface area contributed by atoms with Crippen molar-refractivity contribution in [2.75, 3.05) is 13.7 Å². The summed E-state index contributed by atoms with van der Waals surface area (Å²) in [5, 5.41) is 3.85. The zero-order valence-electron chi connectivity index (χ0n) is 14.2. The average molecular weight is 397 g/mol. The van der Waals surface area contributed by atoms with Crippen LogP contribution in [0.15, 0.2) is 36.4 Å². The van der Waals surface area contributed by atoms with Gasteiger partial charge in [-0.05, 0) is 42.8 Å². The normalized spacial score (nSPS) is 11.5. The zero-order chi connectivity index (χ0) is 19.3. The number of primary amides is 1. The highest BCUT2D eigenvalue weighted by molar-refractivity contribution is 6.35. The molecule has 8 heteroatoms. The van der Waals surface area contributed by atoms with Crippen LogP contribution in [0, 0.1) is 0 Å². The molecule has 0 bridgehead atoms. The molecule has 0 aliphatic heterocycles. The maximum Gasteiger partial charge on any atom is 0.255 e. The lowest BCUT2D eigenvalue weighted by molar-refractivity contribution is -0.119. The van der Waals surface area contributed by atoms with Gasteiger partial charge in [-0.3, -0.25) is 9.59 Å². The van der Waals surface area contributed by atoms with Gasteiger partial charge in [-0.1, -0.05) is 29.3 Å². The highest BCUT2D eigenvalue weighted by Crippen LogP contribution is 2.29. The molecule has 3 N–H and O–H groups in total. The van der Waals surface area contributed by atoms with Gasteiger partial charge >= 0.3 is 0 Å². The zero-order valence-corrected chi connectivity index (χ0v) is 15.7. The highest BCUT2D eigenvalue weighted by Gasteiger charge is 2.16. The third-order valence-corrected chi connectivity index (χ3v) is 4.13. The number of amides is 2. The van der Waals surface area contributed by atoms with Gasteiger partial charge in [0, 0.05) is 15.6 Å². The summed E-state index contributed by atoms with van der Waals surface area (Å²) in [5.74, 6) is -0.293. The number of hydrogen-bond donors (Lipinski definition) is 2. The van der Waals surface area contributed by atoms with Crippen molar-refractivity contribution in [3.05, 3.63) is 57.6 Å². The standard InChI is InChI=1S/C18H18Cl2N2O4/c1-10(13-5-4-12(19)8-14(13)20)22-18(24)11-3-6-15(16(7-11)25-2)26-9-17(21)23/h3-8,10H,9H2,1-2H3,(H2,21,23)(H,22,24)/t10-/m0/s1. The Bertz CT molecular complexity index is 827. The third kappa shape index (κ3) is 5.03. The predicted molar refractivity (Wildman–Crippen MR) is 100 cm³/mol. The summed E-state index contributed by atoms with van der Waals surface area (Å²) in [5.41, 5.74) is 6.17. The molecule has 0 saturated heterocycles. The van der Waals surface area contributed by atoms with Crippen LogP contribution in [0.1, 0.15) is 28.9 Å². The van der Waals surface area contributed by atoms with E-state index in [2.05, 4.69) is 5.32 Å². The van der Waals surface area contributed by atoms with Crippen LogP contribution in [0.25, 0.3) is 0 Å². The minimum atomic E-state index is -0.609. The van der Waals surface area contributed by atoms with Gasteiger partial charge < -0.3 is 20.5 Å². The molecule has 2 aromatic rings. The minimum absolute atomic E-state index is 0.284. The molecule has 2 amide bonds. The summed E-state index contributed by atoms with van der Waals surface area (Å²) in [6.07, 6.45) is 0. The molecule has 6 nitrogen and oxygen atoms in total. The van der Waals surface area contributed by atoms with E-state index in [1.807, 2.05) is 6.92 Å². The van der Waals surface area contributed by atoms with E-state index < -0.39 is 5.91 Å². The van der Waals surface area contributed by atoms with Crippen LogP contribution in [0.2, 0.25) is 10.0 Å². The largest absolute Gasteiger partial charge is 0.493 e. The van der Waals surface area contributed by atoms with Crippen LogP contribution in [0.3, 0.4) is 0 Å². The number of halogens is 2. The van der Waals surface area contributed by atoms with E-state index in [9.17, 15) is 9.59 Å². The molecule has 138 valence electrons. The van der Waals surface area contributed by atoms with E-state index in [1.54, 1.807) is 24.3 Å². The van der Waals surface area contributed by atoms with Crippen LogP contribution >= 0.6 is 23.2 Å². The second kappa shape index (κ2) is 8.78. The van der Waals surface area contributed by atoms with Crippen molar-refractivity contribution < 1.29 is 19.1 Å². The van der Waals surface area contributed by atoms with Crippen molar-refractivity contribution in [2.45, 2.75) is 13.0 Å². The van der Waals surface area contributed by atoms with Gasteiger partial charge in [0.15, 0.2) is 18.1 Å². The first-order valence-electron chi connectivity index (χ1n) is 7.66. The van der Waals surface area contributed by atoms with E-state index in [4.69, 9.17) is 38.4 Å². The van der Waals surface area contributed by atoms with Gasteiger partial charge in [-0.2, -0.15) is 0 Å². The first kappa shape index (κ1) is 19.9. The van der Waals surface area contributed by atoms with Gasteiger partial charge in [0.05, 0.1) is 13.2 Å². The first-order chi connectivity index (χ1) is 12.3. The van der Waals surface area contributed by atoms with E-state index in [0.717, 1.165) is 5.56 Å². The number of ether oxygens (including phenoxy) is 2. The second-order valence-corrected chi connectivity index (χ2v) is 6.33. The summed E-state index contributed by atoms with van der Waals surface area (Å²) in [6, 6.07) is 9.37. The number of carbonyl (C=O) groups is 2. The molecule has 0 aliphatic rings. The fourth-order valence-corrected chi connectivity index (χ4v) is 2.86. The number of carbonyl (C=O) groups excluding carboxylic acids is 2. The predicted octanol–water partition coefficient (Wildman–Crippen LogP) is 3.36. The molecular formula is C18H18Cl2N2O4. The third-order valence-electron chi connectivity index (χ3n) is 3.57. The number of nitrogens with one attached hydrogen (secondary N) is 1. The number of hydrogen-bond acceptors (Lipinski definition) is 4. The summed E-state index contributed by atoms with van der Waals surface area (Å²) in [7, 11) is 1.43. The highest BCUT2D eigenvalue weighted by atomic mass is 35.5. The SMILES string of the molecule is COc1cc(C(=O)N[C@@H](C)c2ccc(Cl)cc2Cl)ccc1OCC(N)=O. The Morgan fingerprint density at radius 1 is 1.15 bits per heavy atom. The number of nitrogens with two attached hydrogens (primary N) is 1. The monoisotopic (exact) mass is 396 g/mol. The molecule has 26 heavy (non-hydrogen) atoms. The van der Waals surface area contributed by atoms with Crippen molar-refractivity contribution in [3.8, 4) is 11.5 Å². The molecule has 0 aromatic heterocycles. The van der Waals surface area contributed by atoms with Gasteiger partial charge in [0.1, 0.15) is 0 Å². The summed E-state index contributed by atoms with van der Waals surface area (Å²) in [6.45, 7) is 1.53. The second-order valence-electron chi connectivity index (χ2n) is 5.48. The van der Waals surface area contributed by atoms with E-state index in [1.165, 1.54) is 19.2 Å². The average Bonchev–Trinajstić information content (AvgIpc) is 2.59. The van der Waals surface area contributed by atoms with Gasteiger partial charge in [-0.25, -0.2) is 0 Å². The lowest BCUT2D eigenvalue weighted by atomic mass is 10.1. The molecule has 0 saturated carbocycles. The van der Waals surface area contributed by atoms with Crippen molar-refractivity contribution in [2.24, 2.45) is 5.73 Å². The quantitative estimate of drug-likeness (QED) is 0.750. The molecule has 0 spiro atoms. The molecule has 2 rings (SSSR count). The Morgan fingerprint density at radius 2 is 1.88 bits per heavy atom. The Labute approximate surface area is 161 Å². The lowest BCUT2D eigenvalue weighted by Gasteiger charge is -2.17. The topological polar surface area (TPSA) is 90.7 Å². The Balaban J connectivity index is 2.14. The van der Waals surface area contributed by atoms with Gasteiger partial charge in [-0.15, -0.1) is 0 Å². The maximum absolute atomic E-state index is 12.5. The fourth-order valence-electron chi connectivity index (χ4n) is 2.29. The van der Waals surface area contributed by atoms with Crippen molar-refractivity contribution >= 4 is 35.0 Å². The molecule has 2 aromatic carbocycles. The van der Waals surface area contributed by atoms with E-state index in [-0.39, 0.29) is 18.6 Å². The van der Waals surface area contributed by atoms with Crippen molar-refractivity contribution in [3.63, 3.8) is 0 Å². The molecule has 0 radical (unpaired) electrons. The smallest absolute Gasteiger partial charge is 0.255 e. The van der Waals surface area contributed by atoms with E-state index >= 15 is 0 Å². The number of methoxy groups -OCH3 is 1. The van der Waals surface area contributed by atoms with E-state index in [0.29, 0.717) is 27.1 Å².